The molecule has 1 heterocycles. The van der Waals surface area contributed by atoms with Gasteiger partial charge in [-0.3, -0.25) is 19.8 Å². The molecular weight excluding hydrogens is 504 g/mol. The number of sulfonamides is 1. The molecule has 12 heteroatoms. The van der Waals surface area contributed by atoms with Crippen LogP contribution in [-0.4, -0.2) is 51.6 Å². The fourth-order valence-electron chi connectivity index (χ4n) is 3.44. The molecule has 0 atom stereocenters. The first kappa shape index (κ1) is 27.2. The Hall–Kier alpha value is -3.38. The van der Waals surface area contributed by atoms with Crippen molar-refractivity contribution in [3.05, 3.63) is 42.0 Å². The highest BCUT2D eigenvalue weighted by atomic mass is 32.2. The fraction of sp³-hybridized carbons (Fsp3) is 0.375. The van der Waals surface area contributed by atoms with Crippen LogP contribution in [0.1, 0.15) is 44.0 Å². The van der Waals surface area contributed by atoms with Crippen molar-refractivity contribution < 1.29 is 27.4 Å². The van der Waals surface area contributed by atoms with Crippen LogP contribution in [0, 0.1) is 0 Å². The van der Waals surface area contributed by atoms with Gasteiger partial charge in [-0.2, -0.15) is 0 Å². The number of anilines is 1. The molecule has 1 aliphatic rings. The number of ether oxygens (including phenoxy) is 3. The van der Waals surface area contributed by atoms with Crippen LogP contribution >= 0.6 is 12.2 Å². The second-order valence-electron chi connectivity index (χ2n) is 7.57. The molecule has 194 valence electrons. The molecule has 0 saturated heterocycles. The van der Waals surface area contributed by atoms with Gasteiger partial charge in [0.05, 0.1) is 24.7 Å². The molecule has 0 radical (unpaired) electrons. The highest BCUT2D eigenvalue weighted by molar-refractivity contribution is 7.90. The summed E-state index contributed by atoms with van der Waals surface area (Å²) in [5.41, 5.74) is 0.653. The number of carbonyl (C=O) groups is 1. The van der Waals surface area contributed by atoms with Crippen molar-refractivity contribution in [3.8, 4) is 17.2 Å². The molecule has 0 spiro atoms. The number of nitrogens with zero attached hydrogens (tertiary/aromatic N) is 1. The lowest BCUT2D eigenvalue weighted by molar-refractivity contribution is 0.0976. The monoisotopic (exact) mass is 534 g/mol. The maximum Gasteiger partial charge on any atom is 0.262 e. The third-order valence-corrected chi connectivity index (χ3v) is 6.51. The zero-order valence-electron chi connectivity index (χ0n) is 20.4. The molecule has 0 aliphatic carbocycles. The van der Waals surface area contributed by atoms with Gasteiger partial charge in [-0.1, -0.05) is 6.07 Å². The lowest BCUT2D eigenvalue weighted by Gasteiger charge is -2.17. The first-order valence-corrected chi connectivity index (χ1v) is 13.5. The van der Waals surface area contributed by atoms with E-state index in [0.717, 1.165) is 6.42 Å². The van der Waals surface area contributed by atoms with E-state index in [9.17, 15) is 13.2 Å². The molecule has 2 aromatic rings. The average Bonchev–Trinajstić information content (AvgIpc) is 3.33. The summed E-state index contributed by atoms with van der Waals surface area (Å²) in [6.45, 7) is 7.25. The van der Waals surface area contributed by atoms with Gasteiger partial charge in [-0.05, 0) is 69.7 Å². The van der Waals surface area contributed by atoms with Crippen LogP contribution in [0.5, 0.6) is 17.2 Å². The van der Waals surface area contributed by atoms with E-state index in [1.165, 1.54) is 12.1 Å². The van der Waals surface area contributed by atoms with Crippen molar-refractivity contribution in [1.82, 2.24) is 10.0 Å². The lowest BCUT2D eigenvalue weighted by atomic mass is 10.1. The van der Waals surface area contributed by atoms with Crippen molar-refractivity contribution in [2.24, 2.45) is 4.99 Å². The van der Waals surface area contributed by atoms with Gasteiger partial charge in [-0.15, -0.1) is 0 Å². The maximum atomic E-state index is 12.9. The van der Waals surface area contributed by atoms with Gasteiger partial charge < -0.3 is 19.5 Å². The smallest absolute Gasteiger partial charge is 0.262 e. The SMILES string of the molecule is CCOc1cc(C(=O)NC(=S)Nc2cccc(S(=O)(=O)NC3=NCCC3)c2)cc(OCC)c1OCC. The number of rotatable bonds is 10. The van der Waals surface area contributed by atoms with Crippen LogP contribution in [0.15, 0.2) is 46.3 Å². The summed E-state index contributed by atoms with van der Waals surface area (Å²) in [7, 11) is -3.79. The third-order valence-electron chi connectivity index (χ3n) is 4.93. The molecule has 0 aromatic heterocycles. The normalized spacial score (nSPS) is 12.9. The van der Waals surface area contributed by atoms with Gasteiger partial charge in [0.15, 0.2) is 16.6 Å². The molecule has 1 aliphatic heterocycles. The molecular formula is C24H30N4O6S2. The number of hydrogen-bond donors (Lipinski definition) is 3. The van der Waals surface area contributed by atoms with Crippen molar-refractivity contribution in [2.75, 3.05) is 31.7 Å². The third kappa shape index (κ3) is 7.08. The van der Waals surface area contributed by atoms with Crippen molar-refractivity contribution >= 4 is 44.8 Å². The van der Waals surface area contributed by atoms with Gasteiger partial charge in [-0.25, -0.2) is 8.42 Å². The second kappa shape index (κ2) is 12.5. The number of benzene rings is 2. The average molecular weight is 535 g/mol. The van der Waals surface area contributed by atoms with E-state index in [-0.39, 0.29) is 15.6 Å². The van der Waals surface area contributed by atoms with E-state index in [4.69, 9.17) is 26.4 Å². The predicted octanol–water partition coefficient (Wildman–Crippen LogP) is 3.48. The van der Waals surface area contributed by atoms with Crippen LogP contribution in [0.25, 0.3) is 0 Å². The summed E-state index contributed by atoms with van der Waals surface area (Å²) in [5.74, 6) is 1.14. The van der Waals surface area contributed by atoms with Gasteiger partial charge in [0, 0.05) is 24.2 Å². The zero-order chi connectivity index (χ0) is 26.1. The van der Waals surface area contributed by atoms with E-state index in [1.807, 2.05) is 20.8 Å². The highest BCUT2D eigenvalue weighted by Crippen LogP contribution is 2.39. The Kier molecular flexibility index (Phi) is 9.48. The lowest BCUT2D eigenvalue weighted by Crippen LogP contribution is -2.34. The van der Waals surface area contributed by atoms with E-state index in [1.54, 1.807) is 24.3 Å². The Balaban J connectivity index is 1.74. The molecule has 3 N–H and O–H groups in total. The number of hydrogen-bond acceptors (Lipinski definition) is 8. The number of amidine groups is 1. The van der Waals surface area contributed by atoms with Gasteiger partial charge in [0.1, 0.15) is 5.84 Å². The number of amides is 1. The van der Waals surface area contributed by atoms with E-state index in [0.29, 0.717) is 61.6 Å². The quantitative estimate of drug-likeness (QED) is 0.396. The molecule has 1 amide bonds. The van der Waals surface area contributed by atoms with Gasteiger partial charge in [0.25, 0.3) is 15.9 Å². The Morgan fingerprint density at radius 2 is 1.69 bits per heavy atom. The highest BCUT2D eigenvalue weighted by Gasteiger charge is 2.20. The van der Waals surface area contributed by atoms with Crippen LogP contribution in [0.3, 0.4) is 0 Å². The number of carbonyl (C=O) groups excluding carboxylic acids is 1. The molecule has 0 bridgehead atoms. The fourth-order valence-corrected chi connectivity index (χ4v) is 4.78. The first-order chi connectivity index (χ1) is 17.3. The van der Waals surface area contributed by atoms with Crippen molar-refractivity contribution in [1.29, 1.82) is 0 Å². The molecule has 10 nitrogen and oxygen atoms in total. The van der Waals surface area contributed by atoms with Crippen molar-refractivity contribution in [3.63, 3.8) is 0 Å². The van der Waals surface area contributed by atoms with E-state index in [2.05, 4.69) is 20.3 Å². The van der Waals surface area contributed by atoms with E-state index < -0.39 is 15.9 Å². The minimum absolute atomic E-state index is 0.00696. The Morgan fingerprint density at radius 3 is 2.28 bits per heavy atom. The predicted molar refractivity (Wildman–Crippen MR) is 142 cm³/mol. The van der Waals surface area contributed by atoms with Gasteiger partial charge >= 0.3 is 0 Å². The summed E-state index contributed by atoms with van der Waals surface area (Å²) >= 11 is 5.29. The van der Waals surface area contributed by atoms with Crippen LogP contribution < -0.4 is 29.6 Å². The molecule has 0 saturated carbocycles. The summed E-state index contributed by atoms with van der Waals surface area (Å²) in [6, 6.07) is 9.22. The van der Waals surface area contributed by atoms with E-state index >= 15 is 0 Å². The molecule has 3 rings (SSSR count). The first-order valence-electron chi connectivity index (χ1n) is 11.6. The minimum Gasteiger partial charge on any atom is -0.490 e. The summed E-state index contributed by atoms with van der Waals surface area (Å²) in [4.78, 5) is 17.1. The second-order valence-corrected chi connectivity index (χ2v) is 9.66. The number of thiocarbonyl (C=S) groups is 1. The summed E-state index contributed by atoms with van der Waals surface area (Å²) < 4.78 is 44.8. The minimum atomic E-state index is -3.79. The molecule has 0 unspecified atom stereocenters. The summed E-state index contributed by atoms with van der Waals surface area (Å²) in [5, 5.41) is 5.44. The zero-order valence-corrected chi connectivity index (χ0v) is 22.1. The van der Waals surface area contributed by atoms with Crippen LogP contribution in [0.2, 0.25) is 0 Å². The van der Waals surface area contributed by atoms with Gasteiger partial charge in [0.2, 0.25) is 5.75 Å². The molecule has 0 fully saturated rings. The number of aliphatic imine (C=N–C) groups is 1. The number of nitrogens with one attached hydrogen (secondary N) is 3. The topological polar surface area (TPSA) is 127 Å². The maximum absolute atomic E-state index is 12.9. The van der Waals surface area contributed by atoms with Crippen LogP contribution in [0.4, 0.5) is 5.69 Å². The summed E-state index contributed by atoms with van der Waals surface area (Å²) in [6.07, 6.45) is 1.41. The standard InChI is InChI=1S/C24H30N4O6S2/c1-4-32-19-13-16(14-20(33-5-2)22(19)34-6-3)23(29)27-24(35)26-17-9-7-10-18(15-17)36(30,31)28-21-11-8-12-25-21/h7,9-10,13-15H,4-6,8,11-12H2,1-3H3,(H,25,28)(H2,26,27,29,35). The molecule has 36 heavy (non-hydrogen) atoms. The largest absolute Gasteiger partial charge is 0.490 e. The Bertz CT molecular complexity index is 1220. The molecule has 2 aromatic carbocycles. The van der Waals surface area contributed by atoms with Crippen molar-refractivity contribution in [2.45, 2.75) is 38.5 Å². The Morgan fingerprint density at radius 1 is 1.03 bits per heavy atom. The van der Waals surface area contributed by atoms with Crippen LogP contribution in [-0.2, 0) is 10.0 Å². The Labute approximate surface area is 216 Å².